The average Bonchev–Trinajstić information content (AvgIpc) is 3.11. The second-order valence-electron chi connectivity index (χ2n) is 6.64. The number of nitrogens with zero attached hydrogens (tertiary/aromatic N) is 2. The zero-order valence-electron chi connectivity index (χ0n) is 15.2. The Bertz CT molecular complexity index is 1070. The summed E-state index contributed by atoms with van der Waals surface area (Å²) in [5.74, 6) is 0.0834. The maximum absolute atomic E-state index is 12.8. The van der Waals surface area contributed by atoms with E-state index in [4.69, 9.17) is 4.74 Å². The van der Waals surface area contributed by atoms with Crippen LogP contribution in [0.2, 0.25) is 0 Å². The van der Waals surface area contributed by atoms with E-state index in [1.54, 1.807) is 18.3 Å². The summed E-state index contributed by atoms with van der Waals surface area (Å²) in [5, 5.41) is 16.8. The molecule has 0 fully saturated rings. The van der Waals surface area contributed by atoms with Crippen LogP contribution in [-0.4, -0.2) is 27.9 Å². The number of alkyl halides is 3. The van der Waals surface area contributed by atoms with E-state index in [0.717, 1.165) is 23.3 Å². The van der Waals surface area contributed by atoms with Gasteiger partial charge in [-0.2, -0.15) is 18.3 Å². The van der Waals surface area contributed by atoms with E-state index in [9.17, 15) is 23.1 Å². The number of anilines is 1. The number of carbonyl (C=O) groups is 1. The monoisotopic (exact) mass is 403 g/mol. The molecule has 9 heteroatoms. The number of carbonyl (C=O) groups excluding carboxylic acids is 1. The number of amides is 1. The summed E-state index contributed by atoms with van der Waals surface area (Å²) in [7, 11) is 1.43. The molecule has 2 aromatic carbocycles. The molecule has 0 saturated carbocycles. The summed E-state index contributed by atoms with van der Waals surface area (Å²) in [4.78, 5) is 12.3. The van der Waals surface area contributed by atoms with Crippen LogP contribution in [0.25, 0.3) is 5.69 Å². The third kappa shape index (κ3) is 3.39. The molecule has 1 aromatic heterocycles. The number of hydrogen-bond donors (Lipinski definition) is 2. The molecule has 3 aromatic rings. The fourth-order valence-corrected chi connectivity index (χ4v) is 3.42. The molecule has 2 heterocycles. The van der Waals surface area contributed by atoms with Crippen LogP contribution in [-0.2, 0) is 11.0 Å². The number of methoxy groups -OCH3 is 1. The SMILES string of the molecule is COc1cc(C2CC(=O)Nc3c2cnn3-c2ccc(C(F)(F)F)cc2)ccc1O. The predicted octanol–water partition coefficient (Wildman–Crippen LogP) is 4.08. The first-order valence-corrected chi connectivity index (χ1v) is 8.70. The number of aromatic hydroxyl groups is 1. The van der Waals surface area contributed by atoms with Crippen molar-refractivity contribution >= 4 is 11.7 Å². The molecular weight excluding hydrogens is 387 g/mol. The van der Waals surface area contributed by atoms with Gasteiger partial charge < -0.3 is 15.2 Å². The van der Waals surface area contributed by atoms with Crippen molar-refractivity contribution in [2.45, 2.75) is 18.5 Å². The molecule has 1 aliphatic heterocycles. The Morgan fingerprint density at radius 1 is 1.21 bits per heavy atom. The van der Waals surface area contributed by atoms with Gasteiger partial charge in [0, 0.05) is 17.9 Å². The molecule has 4 rings (SSSR count). The minimum atomic E-state index is -4.43. The van der Waals surface area contributed by atoms with Crippen molar-refractivity contribution in [2.75, 3.05) is 12.4 Å². The van der Waals surface area contributed by atoms with Crippen LogP contribution in [0.5, 0.6) is 11.5 Å². The highest BCUT2D eigenvalue weighted by atomic mass is 19.4. The van der Waals surface area contributed by atoms with Crippen LogP contribution in [0.15, 0.2) is 48.7 Å². The number of phenols is 1. The van der Waals surface area contributed by atoms with Crippen LogP contribution in [0.4, 0.5) is 19.0 Å². The first-order chi connectivity index (χ1) is 13.8. The highest BCUT2D eigenvalue weighted by Gasteiger charge is 2.32. The van der Waals surface area contributed by atoms with E-state index in [1.807, 2.05) is 0 Å². The van der Waals surface area contributed by atoms with Gasteiger partial charge in [-0.25, -0.2) is 4.68 Å². The van der Waals surface area contributed by atoms with Crippen LogP contribution in [0.1, 0.15) is 29.0 Å². The van der Waals surface area contributed by atoms with E-state index >= 15 is 0 Å². The molecule has 0 aliphatic carbocycles. The lowest BCUT2D eigenvalue weighted by Gasteiger charge is -2.24. The van der Waals surface area contributed by atoms with Gasteiger partial charge in [-0.1, -0.05) is 6.07 Å². The molecule has 1 atom stereocenters. The van der Waals surface area contributed by atoms with Gasteiger partial charge in [0.05, 0.1) is 24.6 Å². The standard InChI is InChI=1S/C20H16F3N3O3/c1-29-17-8-11(2-7-16(17)27)14-9-18(28)25-19-15(14)10-24-26(19)13-5-3-12(4-6-13)20(21,22)23/h2-8,10,14,27H,9H2,1H3,(H,25,28). The van der Waals surface area contributed by atoms with Gasteiger partial charge in [-0.15, -0.1) is 0 Å². The van der Waals surface area contributed by atoms with E-state index in [-0.39, 0.29) is 29.7 Å². The first kappa shape index (κ1) is 18.9. The van der Waals surface area contributed by atoms with Gasteiger partial charge in [0.25, 0.3) is 0 Å². The highest BCUT2D eigenvalue weighted by Crippen LogP contribution is 2.40. The number of rotatable bonds is 3. The number of benzene rings is 2. The molecule has 0 spiro atoms. The summed E-state index contributed by atoms with van der Waals surface area (Å²) in [6.07, 6.45) is -2.69. The summed E-state index contributed by atoms with van der Waals surface area (Å²) < 4.78 is 45.0. The molecular formula is C20H16F3N3O3. The second-order valence-corrected chi connectivity index (χ2v) is 6.64. The molecule has 1 aliphatic rings. The molecule has 150 valence electrons. The number of hydrogen-bond acceptors (Lipinski definition) is 4. The molecule has 1 unspecified atom stereocenters. The third-order valence-corrected chi connectivity index (χ3v) is 4.87. The largest absolute Gasteiger partial charge is 0.504 e. The fourth-order valence-electron chi connectivity index (χ4n) is 3.42. The number of nitrogens with one attached hydrogen (secondary N) is 1. The van der Waals surface area contributed by atoms with Crippen molar-refractivity contribution in [3.63, 3.8) is 0 Å². The molecule has 1 amide bonds. The third-order valence-electron chi connectivity index (χ3n) is 4.87. The highest BCUT2D eigenvalue weighted by molar-refractivity contribution is 5.94. The lowest BCUT2D eigenvalue weighted by Crippen LogP contribution is -2.24. The maximum atomic E-state index is 12.8. The van der Waals surface area contributed by atoms with Gasteiger partial charge in [-0.05, 0) is 42.0 Å². The zero-order valence-corrected chi connectivity index (χ0v) is 15.2. The van der Waals surface area contributed by atoms with E-state index < -0.39 is 11.7 Å². The Morgan fingerprint density at radius 2 is 1.93 bits per heavy atom. The van der Waals surface area contributed by atoms with E-state index in [2.05, 4.69) is 10.4 Å². The van der Waals surface area contributed by atoms with Crippen LogP contribution in [0, 0.1) is 0 Å². The zero-order chi connectivity index (χ0) is 20.8. The fraction of sp³-hybridized carbons (Fsp3) is 0.200. The molecule has 0 radical (unpaired) electrons. The lowest BCUT2D eigenvalue weighted by molar-refractivity contribution is -0.137. The van der Waals surface area contributed by atoms with Crippen molar-refractivity contribution in [3.8, 4) is 17.2 Å². The summed E-state index contributed by atoms with van der Waals surface area (Å²) >= 11 is 0. The van der Waals surface area contributed by atoms with Gasteiger partial charge >= 0.3 is 6.18 Å². The molecule has 0 bridgehead atoms. The Kier molecular flexibility index (Phi) is 4.45. The molecule has 0 saturated heterocycles. The van der Waals surface area contributed by atoms with Crippen molar-refractivity contribution < 1.29 is 27.8 Å². The quantitative estimate of drug-likeness (QED) is 0.691. The van der Waals surface area contributed by atoms with Crippen molar-refractivity contribution in [1.82, 2.24) is 9.78 Å². The summed E-state index contributed by atoms with van der Waals surface area (Å²) in [5.41, 5.74) is 1.10. The Hall–Kier alpha value is -3.49. The maximum Gasteiger partial charge on any atom is 0.416 e. The average molecular weight is 403 g/mol. The van der Waals surface area contributed by atoms with Crippen LogP contribution < -0.4 is 10.1 Å². The smallest absolute Gasteiger partial charge is 0.416 e. The second kappa shape index (κ2) is 6.84. The molecule has 6 nitrogen and oxygen atoms in total. The molecule has 2 N–H and O–H groups in total. The van der Waals surface area contributed by atoms with Crippen molar-refractivity contribution in [2.24, 2.45) is 0 Å². The van der Waals surface area contributed by atoms with Crippen LogP contribution in [0.3, 0.4) is 0 Å². The van der Waals surface area contributed by atoms with Gasteiger partial charge in [-0.3, -0.25) is 4.79 Å². The van der Waals surface area contributed by atoms with E-state index in [1.165, 1.54) is 30.0 Å². The van der Waals surface area contributed by atoms with Gasteiger partial charge in [0.1, 0.15) is 5.82 Å². The minimum absolute atomic E-state index is 0.0165. The first-order valence-electron chi connectivity index (χ1n) is 8.70. The number of ether oxygens (including phenoxy) is 1. The normalized spacial score (nSPS) is 16.3. The number of halogens is 3. The van der Waals surface area contributed by atoms with E-state index in [0.29, 0.717) is 11.5 Å². The summed E-state index contributed by atoms with van der Waals surface area (Å²) in [6, 6.07) is 9.37. The number of phenolic OH excluding ortho intramolecular Hbond substituents is 1. The van der Waals surface area contributed by atoms with Crippen molar-refractivity contribution in [1.29, 1.82) is 0 Å². The van der Waals surface area contributed by atoms with Crippen LogP contribution >= 0.6 is 0 Å². The Morgan fingerprint density at radius 3 is 2.59 bits per heavy atom. The molecule has 29 heavy (non-hydrogen) atoms. The predicted molar refractivity (Wildman–Crippen MR) is 98.3 cm³/mol. The van der Waals surface area contributed by atoms with Gasteiger partial charge in [0.15, 0.2) is 11.5 Å². The lowest BCUT2D eigenvalue weighted by atomic mass is 9.87. The Balaban J connectivity index is 1.75. The number of fused-ring (bicyclic) bond motifs is 1. The Labute approximate surface area is 163 Å². The summed E-state index contributed by atoms with van der Waals surface area (Å²) in [6.45, 7) is 0. The minimum Gasteiger partial charge on any atom is -0.504 e. The number of aromatic nitrogens is 2. The van der Waals surface area contributed by atoms with Crippen molar-refractivity contribution in [3.05, 3.63) is 65.4 Å². The topological polar surface area (TPSA) is 76.4 Å². The van der Waals surface area contributed by atoms with Gasteiger partial charge in [0.2, 0.25) is 5.91 Å².